The van der Waals surface area contributed by atoms with Gasteiger partial charge in [0.2, 0.25) is 5.91 Å². The number of hydrogen-bond donors (Lipinski definition) is 1. The van der Waals surface area contributed by atoms with Crippen LogP contribution in [0.5, 0.6) is 0 Å². The number of carbonyl (C=O) groups is 2. The van der Waals surface area contributed by atoms with Gasteiger partial charge in [0, 0.05) is 38.5 Å². The molecule has 0 bridgehead atoms. The Morgan fingerprint density at radius 1 is 1.08 bits per heavy atom. The molecule has 0 radical (unpaired) electrons. The van der Waals surface area contributed by atoms with Crippen molar-refractivity contribution in [1.29, 1.82) is 0 Å². The molecule has 6 heteroatoms. The number of nitrogens with zero attached hydrogens (tertiary/aromatic N) is 2. The van der Waals surface area contributed by atoms with Gasteiger partial charge in [-0.2, -0.15) is 0 Å². The lowest BCUT2D eigenvalue weighted by Gasteiger charge is -2.39. The first-order valence-electron chi connectivity index (χ1n) is 10.0. The highest BCUT2D eigenvalue weighted by Crippen LogP contribution is 2.27. The molecule has 2 rings (SSSR count). The van der Waals surface area contributed by atoms with Gasteiger partial charge in [0.05, 0.1) is 6.10 Å². The summed E-state index contributed by atoms with van der Waals surface area (Å²) in [4.78, 5) is 28.5. The van der Waals surface area contributed by atoms with Gasteiger partial charge in [0.1, 0.15) is 5.60 Å². The average Bonchev–Trinajstić information content (AvgIpc) is 2.54. The van der Waals surface area contributed by atoms with Gasteiger partial charge in [-0.1, -0.05) is 13.8 Å². The van der Waals surface area contributed by atoms with Gasteiger partial charge in [-0.3, -0.25) is 4.79 Å². The SMILES string of the molecule is CC(C)C1CN(C(=O)CC2CCN(C(=O)OC(C)(C)C)CC2)CCC1O. The van der Waals surface area contributed by atoms with Crippen LogP contribution < -0.4 is 0 Å². The molecule has 26 heavy (non-hydrogen) atoms. The Morgan fingerprint density at radius 3 is 2.19 bits per heavy atom. The van der Waals surface area contributed by atoms with Crippen molar-refractivity contribution in [2.45, 2.75) is 72.0 Å². The third-order valence-corrected chi connectivity index (χ3v) is 5.56. The van der Waals surface area contributed by atoms with Crippen LogP contribution in [0.1, 0.15) is 60.3 Å². The zero-order valence-corrected chi connectivity index (χ0v) is 17.0. The normalized spacial score (nSPS) is 25.5. The minimum Gasteiger partial charge on any atom is -0.444 e. The van der Waals surface area contributed by atoms with E-state index >= 15 is 0 Å². The second-order valence-corrected chi connectivity index (χ2v) is 9.22. The number of rotatable bonds is 3. The summed E-state index contributed by atoms with van der Waals surface area (Å²) in [5, 5.41) is 10.1. The van der Waals surface area contributed by atoms with Crippen molar-refractivity contribution in [2.24, 2.45) is 17.8 Å². The van der Waals surface area contributed by atoms with Crippen LogP contribution in [0.2, 0.25) is 0 Å². The first kappa shape index (κ1) is 21.0. The number of hydrogen-bond acceptors (Lipinski definition) is 4. The summed E-state index contributed by atoms with van der Waals surface area (Å²) >= 11 is 0. The number of carbonyl (C=O) groups excluding carboxylic acids is 2. The molecule has 2 amide bonds. The zero-order chi connectivity index (χ0) is 19.5. The lowest BCUT2D eigenvalue weighted by atomic mass is 9.85. The Bertz CT molecular complexity index is 493. The lowest BCUT2D eigenvalue weighted by Crippen LogP contribution is -2.48. The molecule has 2 saturated heterocycles. The van der Waals surface area contributed by atoms with Gasteiger partial charge >= 0.3 is 6.09 Å². The van der Waals surface area contributed by atoms with E-state index in [9.17, 15) is 14.7 Å². The van der Waals surface area contributed by atoms with Crippen molar-refractivity contribution < 1.29 is 19.4 Å². The van der Waals surface area contributed by atoms with Crippen LogP contribution in [0.3, 0.4) is 0 Å². The maximum Gasteiger partial charge on any atom is 0.410 e. The Kier molecular flexibility index (Phi) is 6.94. The standard InChI is InChI=1S/C20H36N2O4/c1-14(2)16-13-22(11-8-17(16)23)18(24)12-15-6-9-21(10-7-15)19(25)26-20(3,4)5/h14-17,23H,6-13H2,1-5H3. The topological polar surface area (TPSA) is 70.1 Å². The molecule has 0 spiro atoms. The van der Waals surface area contributed by atoms with E-state index in [4.69, 9.17) is 4.74 Å². The van der Waals surface area contributed by atoms with E-state index in [1.807, 2.05) is 25.7 Å². The molecule has 2 aliphatic heterocycles. The van der Waals surface area contributed by atoms with E-state index < -0.39 is 5.60 Å². The van der Waals surface area contributed by atoms with Crippen LogP contribution in [-0.2, 0) is 9.53 Å². The van der Waals surface area contributed by atoms with Crippen molar-refractivity contribution in [3.8, 4) is 0 Å². The molecule has 150 valence electrons. The molecule has 0 aliphatic carbocycles. The summed E-state index contributed by atoms with van der Waals surface area (Å²) < 4.78 is 5.42. The van der Waals surface area contributed by atoms with E-state index in [0.29, 0.717) is 50.9 Å². The van der Waals surface area contributed by atoms with Crippen LogP contribution in [0.25, 0.3) is 0 Å². The van der Waals surface area contributed by atoms with Crippen molar-refractivity contribution in [3.63, 3.8) is 0 Å². The largest absolute Gasteiger partial charge is 0.444 e. The first-order chi connectivity index (χ1) is 12.1. The molecular weight excluding hydrogens is 332 g/mol. The van der Waals surface area contributed by atoms with Crippen molar-refractivity contribution in [3.05, 3.63) is 0 Å². The smallest absolute Gasteiger partial charge is 0.410 e. The molecule has 6 nitrogen and oxygen atoms in total. The fraction of sp³-hybridized carbons (Fsp3) is 0.900. The second kappa shape index (κ2) is 8.59. The number of piperidine rings is 2. The van der Waals surface area contributed by atoms with Crippen LogP contribution in [0, 0.1) is 17.8 Å². The highest BCUT2D eigenvalue weighted by molar-refractivity contribution is 5.76. The Labute approximate surface area is 157 Å². The summed E-state index contributed by atoms with van der Waals surface area (Å²) in [6.45, 7) is 12.4. The summed E-state index contributed by atoms with van der Waals surface area (Å²) in [5.74, 6) is 1.06. The summed E-state index contributed by atoms with van der Waals surface area (Å²) in [6.07, 6.45) is 2.35. The predicted molar refractivity (Wildman–Crippen MR) is 101 cm³/mol. The maximum atomic E-state index is 12.7. The lowest BCUT2D eigenvalue weighted by molar-refractivity contribution is -0.137. The quantitative estimate of drug-likeness (QED) is 0.831. The highest BCUT2D eigenvalue weighted by Gasteiger charge is 2.33. The first-order valence-corrected chi connectivity index (χ1v) is 10.0. The fourth-order valence-electron chi connectivity index (χ4n) is 3.87. The molecule has 1 N–H and O–H groups in total. The molecule has 0 saturated carbocycles. The van der Waals surface area contributed by atoms with Gasteiger partial charge in [-0.05, 0) is 51.9 Å². The van der Waals surface area contributed by atoms with E-state index in [1.165, 1.54) is 0 Å². The van der Waals surface area contributed by atoms with E-state index in [-0.39, 0.29) is 24.0 Å². The molecule has 0 aromatic carbocycles. The molecular formula is C20H36N2O4. The second-order valence-electron chi connectivity index (χ2n) is 9.22. The van der Waals surface area contributed by atoms with E-state index in [1.54, 1.807) is 4.90 Å². The monoisotopic (exact) mass is 368 g/mol. The number of likely N-dealkylation sites (tertiary alicyclic amines) is 2. The third-order valence-electron chi connectivity index (χ3n) is 5.56. The highest BCUT2D eigenvalue weighted by atomic mass is 16.6. The molecule has 2 atom stereocenters. The van der Waals surface area contributed by atoms with Crippen LogP contribution in [0.4, 0.5) is 4.79 Å². The summed E-state index contributed by atoms with van der Waals surface area (Å²) in [7, 11) is 0. The fourth-order valence-corrected chi connectivity index (χ4v) is 3.87. The van der Waals surface area contributed by atoms with E-state index in [0.717, 1.165) is 12.8 Å². The van der Waals surface area contributed by atoms with Crippen LogP contribution >= 0.6 is 0 Å². The maximum absolute atomic E-state index is 12.7. The third kappa shape index (κ3) is 5.86. The number of ether oxygens (including phenoxy) is 1. The van der Waals surface area contributed by atoms with Crippen LogP contribution in [-0.4, -0.2) is 64.8 Å². The van der Waals surface area contributed by atoms with Crippen molar-refractivity contribution in [2.75, 3.05) is 26.2 Å². The predicted octanol–water partition coefficient (Wildman–Crippen LogP) is 2.89. The number of amides is 2. The molecule has 2 fully saturated rings. The van der Waals surface area contributed by atoms with Crippen molar-refractivity contribution >= 4 is 12.0 Å². The van der Waals surface area contributed by atoms with Gasteiger partial charge in [0.15, 0.2) is 0 Å². The minimum absolute atomic E-state index is 0.168. The van der Waals surface area contributed by atoms with E-state index in [2.05, 4.69) is 13.8 Å². The molecule has 2 aliphatic rings. The Hall–Kier alpha value is -1.30. The number of aliphatic hydroxyl groups is 1. The molecule has 2 heterocycles. The molecule has 0 aromatic rings. The Morgan fingerprint density at radius 2 is 1.65 bits per heavy atom. The summed E-state index contributed by atoms with van der Waals surface area (Å²) in [6, 6.07) is 0. The Balaban J connectivity index is 1.78. The van der Waals surface area contributed by atoms with Crippen molar-refractivity contribution in [1.82, 2.24) is 9.80 Å². The molecule has 0 aromatic heterocycles. The van der Waals surface area contributed by atoms with Gasteiger partial charge in [0.25, 0.3) is 0 Å². The minimum atomic E-state index is -0.477. The summed E-state index contributed by atoms with van der Waals surface area (Å²) in [5.41, 5.74) is -0.477. The van der Waals surface area contributed by atoms with Gasteiger partial charge < -0.3 is 19.6 Å². The molecule has 2 unspecified atom stereocenters. The van der Waals surface area contributed by atoms with Crippen LogP contribution in [0.15, 0.2) is 0 Å². The zero-order valence-electron chi connectivity index (χ0n) is 17.0. The number of aliphatic hydroxyl groups excluding tert-OH is 1. The van der Waals surface area contributed by atoms with Gasteiger partial charge in [-0.15, -0.1) is 0 Å². The average molecular weight is 369 g/mol. The van der Waals surface area contributed by atoms with Gasteiger partial charge in [-0.25, -0.2) is 4.79 Å².